The number of piperazine rings is 3. The van der Waals surface area contributed by atoms with Crippen LogP contribution in [0, 0.1) is 40.5 Å². The molecule has 3 fully saturated rings. The number of rotatable bonds is 18. The summed E-state index contributed by atoms with van der Waals surface area (Å²) < 4.78 is 13.6. The first-order chi connectivity index (χ1) is 55.3. The lowest BCUT2D eigenvalue weighted by Crippen LogP contribution is -2.48. The minimum absolute atomic E-state index is 0.0108. The van der Waals surface area contributed by atoms with Gasteiger partial charge in [0, 0.05) is 148 Å². The maximum Gasteiger partial charge on any atom is 0.323 e. The third kappa shape index (κ3) is 31.9. The highest BCUT2D eigenvalue weighted by Crippen LogP contribution is 2.30. The van der Waals surface area contributed by atoms with E-state index in [1.165, 1.54) is 121 Å². The van der Waals surface area contributed by atoms with Crippen LogP contribution < -0.4 is 22.2 Å². The number of carboxylic acids is 1. The van der Waals surface area contributed by atoms with E-state index >= 15 is 0 Å². The highest BCUT2D eigenvalue weighted by Gasteiger charge is 2.35. The van der Waals surface area contributed by atoms with Crippen LogP contribution in [-0.4, -0.2) is 218 Å². The number of nitrogens with one attached hydrogen (secondary N) is 1. The van der Waals surface area contributed by atoms with Gasteiger partial charge in [0.1, 0.15) is 37.9 Å². The summed E-state index contributed by atoms with van der Waals surface area (Å²) >= 11 is 12.6. The van der Waals surface area contributed by atoms with E-state index in [1.807, 2.05) is 95.7 Å². The number of nitrogens with two attached hydrogens (primary N) is 1. The molecule has 0 saturated carbocycles. The van der Waals surface area contributed by atoms with Crippen LogP contribution in [0.25, 0.3) is 0 Å². The number of aryl methyl sites for hydroxylation is 2. The molecule has 117 heavy (non-hydrogen) atoms. The SMILES string of the molecule is CCCCNC.CN1CCN(C)C(c2ccc([N+](=O)[O-])cc2)C1=O.CN1CCN(C)[C@H](c2ccc(Cc3nc(Br)cn(C)c3=O)cc2)C1=O.CN1CCN(C)[C@H](c2ccc(N)cc2)C1=O.COC(=O)C(Br)c1ccc([N+](=O)[O-])cc1.COC(=O)Cc1ccc([N+](=O)[O-])cc1.Cn1cc(Br)nc(Br)c1=O.O=C(O)Cc1ccc([N+](=O)[O-])cc1. The summed E-state index contributed by atoms with van der Waals surface area (Å²) in [7, 11) is 19.2. The Morgan fingerprint density at radius 3 is 1.20 bits per heavy atom. The predicted molar refractivity (Wildman–Crippen MR) is 453 cm³/mol. The van der Waals surface area contributed by atoms with Gasteiger partial charge in [-0.1, -0.05) is 114 Å². The Bertz CT molecular complexity index is 4750. The molecule has 3 saturated heterocycles. The molecule has 11 rings (SSSR count). The molecule has 628 valence electrons. The number of hydrogen-bond donors (Lipinski definition) is 3. The van der Waals surface area contributed by atoms with Crippen LogP contribution in [-0.2, 0) is 71.6 Å². The molecule has 0 radical (unpaired) electrons. The number of halogens is 4. The summed E-state index contributed by atoms with van der Waals surface area (Å²) in [5.41, 5.74) is 12.3. The number of aromatic nitrogens is 4. The number of ether oxygens (including phenoxy) is 2. The van der Waals surface area contributed by atoms with Crippen LogP contribution in [0.1, 0.15) is 87.4 Å². The number of nitrogens with zero attached hydrogens (tertiary/aromatic N) is 14. The second kappa shape index (κ2) is 49.2. The number of unbranched alkanes of at least 4 members (excludes halogenated alkanes) is 1. The molecule has 3 aliphatic heterocycles. The number of benzene rings is 6. The number of likely N-dealkylation sites (N-methyl/N-ethyl adjacent to an activating group) is 6. The molecule has 8 aromatic rings. The van der Waals surface area contributed by atoms with E-state index in [-0.39, 0.29) is 88.5 Å². The highest BCUT2D eigenvalue weighted by atomic mass is 79.9. The van der Waals surface area contributed by atoms with Gasteiger partial charge in [-0.25, -0.2) is 9.97 Å². The third-order valence-electron chi connectivity index (χ3n) is 17.8. The number of nitro benzene ring substituents is 4. The monoisotopic (exact) mass is 1870 g/mol. The van der Waals surface area contributed by atoms with Gasteiger partial charge in [0.2, 0.25) is 17.7 Å². The molecular formula is C78H94Br4N16O19. The lowest BCUT2D eigenvalue weighted by molar-refractivity contribution is -0.385. The number of esters is 2. The van der Waals surface area contributed by atoms with Gasteiger partial charge in [-0.15, -0.1) is 0 Å². The number of anilines is 1. The van der Waals surface area contributed by atoms with Gasteiger partial charge in [-0.2, -0.15) is 0 Å². The summed E-state index contributed by atoms with van der Waals surface area (Å²) in [4.78, 5) is 150. The minimum atomic E-state index is -0.950. The fourth-order valence-electron chi connectivity index (χ4n) is 11.0. The topological polar surface area (TPSA) is 441 Å². The molecule has 3 aliphatic rings. The van der Waals surface area contributed by atoms with E-state index in [0.29, 0.717) is 49.2 Å². The molecule has 0 spiro atoms. The number of methoxy groups -OCH3 is 2. The number of hydrogen-bond acceptors (Lipinski definition) is 25. The van der Waals surface area contributed by atoms with Crippen molar-refractivity contribution in [3.8, 4) is 0 Å². The fraction of sp³-hybridized carbons (Fsp3) is 0.359. The molecule has 2 unspecified atom stereocenters. The number of carbonyl (C=O) groups is 6. The van der Waals surface area contributed by atoms with Crippen molar-refractivity contribution in [1.82, 2.24) is 53.8 Å². The van der Waals surface area contributed by atoms with Crippen molar-refractivity contribution in [1.29, 1.82) is 0 Å². The number of carbonyl (C=O) groups excluding carboxylic acids is 5. The van der Waals surface area contributed by atoms with Gasteiger partial charge >= 0.3 is 17.9 Å². The molecule has 4 N–H and O–H groups in total. The molecule has 2 aromatic heterocycles. The number of non-ortho nitro benzene ring substituents is 4. The maximum atomic E-state index is 12.5. The quantitative estimate of drug-likeness (QED) is 0.0179. The summed E-state index contributed by atoms with van der Waals surface area (Å²) in [5, 5.41) is 53.0. The molecule has 6 aromatic carbocycles. The van der Waals surface area contributed by atoms with Crippen molar-refractivity contribution in [2.45, 2.75) is 62.0 Å². The first-order valence-corrected chi connectivity index (χ1v) is 39.1. The maximum absolute atomic E-state index is 12.5. The Labute approximate surface area is 708 Å². The second-order valence-corrected chi connectivity index (χ2v) is 29.7. The number of amides is 3. The largest absolute Gasteiger partial charge is 0.481 e. The lowest BCUT2D eigenvalue weighted by Gasteiger charge is -2.37. The molecular weight excluding hydrogens is 1780 g/mol. The summed E-state index contributed by atoms with van der Waals surface area (Å²) in [5.74, 6) is -1.46. The summed E-state index contributed by atoms with van der Waals surface area (Å²) in [6.45, 7) is 8.16. The van der Waals surface area contributed by atoms with E-state index in [1.54, 1.807) is 60.4 Å². The van der Waals surface area contributed by atoms with Crippen LogP contribution in [0.4, 0.5) is 28.4 Å². The average molecular weight is 1880 g/mol. The fourth-order valence-corrected chi connectivity index (χ4v) is 13.2. The zero-order chi connectivity index (χ0) is 87.5. The Kier molecular flexibility index (Phi) is 41.4. The molecule has 4 atom stereocenters. The van der Waals surface area contributed by atoms with E-state index in [2.05, 4.69) is 105 Å². The average Bonchev–Trinajstić information content (AvgIpc) is 0.814. The van der Waals surface area contributed by atoms with Crippen LogP contribution in [0.15, 0.2) is 181 Å². The van der Waals surface area contributed by atoms with Crippen LogP contribution in [0.2, 0.25) is 0 Å². The van der Waals surface area contributed by atoms with Gasteiger partial charge < -0.3 is 49.5 Å². The highest BCUT2D eigenvalue weighted by molar-refractivity contribution is 9.11. The van der Waals surface area contributed by atoms with Crippen molar-refractivity contribution in [3.05, 3.63) is 278 Å². The van der Waals surface area contributed by atoms with Crippen LogP contribution >= 0.6 is 63.7 Å². The minimum Gasteiger partial charge on any atom is -0.481 e. The molecule has 3 amide bonds. The van der Waals surface area contributed by atoms with E-state index in [0.717, 1.165) is 67.2 Å². The lowest BCUT2D eigenvalue weighted by atomic mass is 9.99. The summed E-state index contributed by atoms with van der Waals surface area (Å²) in [6, 6.07) is 37.7. The van der Waals surface area contributed by atoms with Crippen molar-refractivity contribution in [3.63, 3.8) is 0 Å². The number of aliphatic carboxylic acids is 1. The molecule has 35 nitrogen and oxygen atoms in total. The van der Waals surface area contributed by atoms with Gasteiger partial charge in [-0.3, -0.25) is 93.5 Å². The van der Waals surface area contributed by atoms with Gasteiger partial charge in [-0.05, 0) is 140 Å². The van der Waals surface area contributed by atoms with Crippen LogP contribution in [0.5, 0.6) is 0 Å². The molecule has 5 heterocycles. The van der Waals surface area contributed by atoms with Gasteiger partial charge in [0.15, 0.2) is 4.60 Å². The normalized spacial score (nSPS) is 15.3. The number of carboxylic acid groups (broad SMARTS) is 1. The zero-order valence-corrected chi connectivity index (χ0v) is 72.8. The summed E-state index contributed by atoms with van der Waals surface area (Å²) in [6.07, 6.45) is 6.33. The van der Waals surface area contributed by atoms with E-state index < -0.39 is 36.5 Å². The smallest absolute Gasteiger partial charge is 0.323 e. The van der Waals surface area contributed by atoms with Crippen molar-refractivity contribution >= 4 is 128 Å². The number of nitrogen functional groups attached to an aromatic ring is 1. The first-order valence-electron chi connectivity index (χ1n) is 35.8. The molecule has 0 aliphatic carbocycles. The van der Waals surface area contributed by atoms with Crippen molar-refractivity contribution in [2.24, 2.45) is 14.1 Å². The Balaban J connectivity index is 0.000000288. The third-order valence-corrected chi connectivity index (χ3v) is 20.0. The van der Waals surface area contributed by atoms with Gasteiger partial charge in [0.25, 0.3) is 33.9 Å². The number of alkyl halides is 1. The number of nitro groups is 4. The Morgan fingerprint density at radius 2 is 0.855 bits per heavy atom. The van der Waals surface area contributed by atoms with Crippen molar-refractivity contribution in [2.75, 3.05) is 115 Å². The first kappa shape index (κ1) is 98.4. The van der Waals surface area contributed by atoms with Crippen LogP contribution in [0.3, 0.4) is 0 Å². The van der Waals surface area contributed by atoms with E-state index in [9.17, 15) is 78.8 Å². The van der Waals surface area contributed by atoms with Crippen molar-refractivity contribution < 1.29 is 63.0 Å². The molecule has 0 bridgehead atoms. The van der Waals surface area contributed by atoms with Gasteiger partial charge in [0.05, 0.1) is 46.8 Å². The Morgan fingerprint density at radius 1 is 0.513 bits per heavy atom. The second-order valence-electron chi connectivity index (χ2n) is 26.4. The molecule has 39 heteroatoms. The standard InChI is InChI=1S/C18H21BrN4O2.C12H15N3O3.C12H17N3O.C9H8BrNO4.C9H9NO4.C8H7NO4.C5H4Br2N2O.C5H13N/c1-21-8-9-22(2)18(25)16(21)13-6-4-12(5-7-13)10-14-17(24)23(3)11-15(19)20-14;1-13-7-8-14(2)12(16)11(13)9-3-5-10(6-4-9)15(17)18;1-14-7-8-15(2)12(16)11(14)9-3-5-10(13)6-4-9;1-15-9(12)8(10)6-2-4-7(5-3-6)11(13)14;1-14-9(11)6-7-2-4-8(5-3-7)10(12)13;10-8(11)5-6-1-3-7(4-2-6)9(12)13;1-9-2-3(6)8-4(7)5(9)10;1-3-4-5-6-2/h4-7,11,16H,8-10H2,1-3H3;3-6,11H,7-8H2,1-2H3;3-6,11H,7-8,13H2,1-2H3;2-5,8H,1H3;2-5H,6H2,1H3;1-4H,5H2,(H,10,11);2H,1H3;6H,3-5H2,1-2H3/t16-;;11-;;;;;/m1.1...../s1. The van der Waals surface area contributed by atoms with E-state index in [4.69, 9.17) is 10.8 Å². The Hall–Kier alpha value is -10.9. The predicted octanol–water partition coefficient (Wildman–Crippen LogP) is 10.4. The zero-order valence-electron chi connectivity index (χ0n) is 66.5.